The van der Waals surface area contributed by atoms with Gasteiger partial charge < -0.3 is 15.2 Å². The molecule has 0 bridgehead atoms. The lowest BCUT2D eigenvalue weighted by Gasteiger charge is -2.13. The maximum absolute atomic E-state index is 8.92. The van der Waals surface area contributed by atoms with Crippen molar-refractivity contribution in [3.63, 3.8) is 0 Å². The normalized spacial score (nSPS) is 9.80. The third kappa shape index (κ3) is 2.53. The summed E-state index contributed by atoms with van der Waals surface area (Å²) in [4.78, 5) is 0. The fourth-order valence-corrected chi connectivity index (χ4v) is 1.20. The molecule has 0 aromatic heterocycles. The summed E-state index contributed by atoms with van der Waals surface area (Å²) in [5.74, 6) is 1.05. The molecule has 0 saturated carbocycles. The van der Waals surface area contributed by atoms with Gasteiger partial charge in [0.05, 0.1) is 18.9 Å². The van der Waals surface area contributed by atoms with Gasteiger partial charge in [-0.2, -0.15) is 5.26 Å². The second-order valence-corrected chi connectivity index (χ2v) is 3.37. The number of anilines is 1. The number of methoxy groups -OCH3 is 1. The summed E-state index contributed by atoms with van der Waals surface area (Å²) in [7, 11) is 1.54. The first-order valence-electron chi connectivity index (χ1n) is 4.62. The highest BCUT2D eigenvalue weighted by molar-refractivity contribution is 5.64. The Hall–Kier alpha value is -1.89. The molecule has 0 atom stereocenters. The number of ether oxygens (including phenoxy) is 2. The van der Waals surface area contributed by atoms with Crippen molar-refractivity contribution < 1.29 is 9.47 Å². The van der Waals surface area contributed by atoms with E-state index in [1.54, 1.807) is 19.2 Å². The van der Waals surface area contributed by atoms with Gasteiger partial charge in [0.2, 0.25) is 0 Å². The first-order chi connectivity index (χ1) is 7.08. The zero-order valence-electron chi connectivity index (χ0n) is 9.07. The van der Waals surface area contributed by atoms with Gasteiger partial charge in [-0.25, -0.2) is 0 Å². The number of nitrogens with zero attached hydrogens (tertiary/aromatic N) is 1. The number of hydrogen-bond donors (Lipinski definition) is 1. The minimum absolute atomic E-state index is 0.0105. The molecule has 15 heavy (non-hydrogen) atoms. The Labute approximate surface area is 89.2 Å². The van der Waals surface area contributed by atoms with E-state index in [4.69, 9.17) is 20.5 Å². The van der Waals surface area contributed by atoms with E-state index in [-0.39, 0.29) is 6.10 Å². The molecule has 4 heteroatoms. The van der Waals surface area contributed by atoms with Crippen molar-refractivity contribution in [1.29, 1.82) is 5.26 Å². The Balaban J connectivity index is 3.21. The van der Waals surface area contributed by atoms with E-state index in [1.165, 1.54) is 0 Å². The molecule has 0 saturated heterocycles. The van der Waals surface area contributed by atoms with Gasteiger partial charge >= 0.3 is 0 Å². The molecule has 0 fully saturated rings. The Kier molecular flexibility index (Phi) is 3.40. The highest BCUT2D eigenvalue weighted by atomic mass is 16.5. The topological polar surface area (TPSA) is 68.3 Å². The van der Waals surface area contributed by atoms with Crippen LogP contribution in [-0.4, -0.2) is 13.2 Å². The number of benzene rings is 1. The van der Waals surface area contributed by atoms with E-state index in [0.29, 0.717) is 22.7 Å². The maximum atomic E-state index is 8.92. The van der Waals surface area contributed by atoms with E-state index in [2.05, 4.69) is 0 Å². The fraction of sp³-hybridized carbons (Fsp3) is 0.364. The van der Waals surface area contributed by atoms with E-state index >= 15 is 0 Å². The van der Waals surface area contributed by atoms with E-state index in [9.17, 15) is 0 Å². The van der Waals surface area contributed by atoms with Crippen LogP contribution in [-0.2, 0) is 0 Å². The first kappa shape index (κ1) is 11.2. The molecule has 0 spiro atoms. The van der Waals surface area contributed by atoms with Crippen LogP contribution >= 0.6 is 0 Å². The van der Waals surface area contributed by atoms with Gasteiger partial charge in [-0.15, -0.1) is 0 Å². The lowest BCUT2D eigenvalue weighted by atomic mass is 10.1. The van der Waals surface area contributed by atoms with Crippen LogP contribution in [0.1, 0.15) is 19.4 Å². The third-order valence-electron chi connectivity index (χ3n) is 1.82. The average molecular weight is 206 g/mol. The Morgan fingerprint density at radius 1 is 1.40 bits per heavy atom. The molecule has 0 aliphatic rings. The van der Waals surface area contributed by atoms with Crippen molar-refractivity contribution in [2.24, 2.45) is 0 Å². The maximum Gasteiger partial charge on any atom is 0.143 e. The summed E-state index contributed by atoms with van der Waals surface area (Å²) in [6, 6.07) is 5.28. The highest BCUT2D eigenvalue weighted by Gasteiger charge is 2.11. The Bertz CT molecular complexity index is 394. The summed E-state index contributed by atoms with van der Waals surface area (Å²) in [6.45, 7) is 3.77. The molecule has 0 unspecified atom stereocenters. The molecule has 0 heterocycles. The summed E-state index contributed by atoms with van der Waals surface area (Å²) < 4.78 is 10.5. The van der Waals surface area contributed by atoms with Gasteiger partial charge in [0.15, 0.2) is 0 Å². The van der Waals surface area contributed by atoms with Crippen molar-refractivity contribution in [1.82, 2.24) is 0 Å². The fourth-order valence-electron chi connectivity index (χ4n) is 1.20. The summed E-state index contributed by atoms with van der Waals surface area (Å²) in [5, 5.41) is 8.92. The van der Waals surface area contributed by atoms with Gasteiger partial charge in [0.25, 0.3) is 0 Å². The van der Waals surface area contributed by atoms with Crippen LogP contribution in [0.5, 0.6) is 11.5 Å². The third-order valence-corrected chi connectivity index (χ3v) is 1.82. The van der Waals surface area contributed by atoms with Gasteiger partial charge in [0, 0.05) is 12.1 Å². The molecule has 1 aromatic rings. The molecular weight excluding hydrogens is 192 g/mol. The first-order valence-corrected chi connectivity index (χ1v) is 4.62. The predicted octanol–water partition coefficient (Wildman–Crippen LogP) is 1.94. The van der Waals surface area contributed by atoms with Crippen LogP contribution < -0.4 is 15.2 Å². The minimum Gasteiger partial charge on any atom is -0.497 e. The van der Waals surface area contributed by atoms with E-state index < -0.39 is 0 Å². The van der Waals surface area contributed by atoms with E-state index in [1.807, 2.05) is 19.9 Å². The molecule has 4 nitrogen and oxygen atoms in total. The summed E-state index contributed by atoms with van der Waals surface area (Å²) in [5.41, 5.74) is 6.42. The average Bonchev–Trinajstić information content (AvgIpc) is 2.16. The zero-order valence-corrected chi connectivity index (χ0v) is 9.07. The summed E-state index contributed by atoms with van der Waals surface area (Å²) >= 11 is 0. The van der Waals surface area contributed by atoms with Crippen LogP contribution in [0.2, 0.25) is 0 Å². The lowest BCUT2D eigenvalue weighted by molar-refractivity contribution is 0.240. The molecule has 1 aromatic carbocycles. The molecule has 2 N–H and O–H groups in total. The molecule has 0 aliphatic heterocycles. The molecule has 1 rings (SSSR count). The second-order valence-electron chi connectivity index (χ2n) is 3.37. The van der Waals surface area contributed by atoms with Crippen LogP contribution in [0.4, 0.5) is 5.69 Å². The van der Waals surface area contributed by atoms with Crippen LogP contribution in [0, 0.1) is 11.3 Å². The van der Waals surface area contributed by atoms with Crippen LogP contribution in [0.15, 0.2) is 12.1 Å². The van der Waals surface area contributed by atoms with Crippen LogP contribution in [0.25, 0.3) is 0 Å². The largest absolute Gasteiger partial charge is 0.497 e. The lowest BCUT2D eigenvalue weighted by Crippen LogP contribution is -2.08. The number of nitriles is 1. The minimum atomic E-state index is -0.0105. The molecule has 0 amide bonds. The van der Waals surface area contributed by atoms with Crippen molar-refractivity contribution in [3.05, 3.63) is 17.7 Å². The van der Waals surface area contributed by atoms with Crippen molar-refractivity contribution in [2.45, 2.75) is 20.0 Å². The van der Waals surface area contributed by atoms with Gasteiger partial charge in [-0.3, -0.25) is 0 Å². The molecule has 0 radical (unpaired) electrons. The number of nitrogens with two attached hydrogens (primary N) is 1. The van der Waals surface area contributed by atoms with Crippen molar-refractivity contribution in [2.75, 3.05) is 12.8 Å². The summed E-state index contributed by atoms with van der Waals surface area (Å²) in [6.07, 6.45) is -0.0105. The Morgan fingerprint density at radius 2 is 2.07 bits per heavy atom. The van der Waals surface area contributed by atoms with Gasteiger partial charge in [0.1, 0.15) is 23.1 Å². The van der Waals surface area contributed by atoms with Gasteiger partial charge in [-0.05, 0) is 13.8 Å². The standard InChI is InChI=1S/C11H14N2O2/c1-7(2)15-11-5-8(14-3)4-10(13)9(11)6-12/h4-5,7H,13H2,1-3H3. The van der Waals surface area contributed by atoms with E-state index in [0.717, 1.165) is 0 Å². The number of hydrogen-bond acceptors (Lipinski definition) is 4. The number of nitrogen functional groups attached to an aromatic ring is 1. The quantitative estimate of drug-likeness (QED) is 0.767. The SMILES string of the molecule is COc1cc(N)c(C#N)c(OC(C)C)c1. The molecular formula is C11H14N2O2. The molecule has 80 valence electrons. The zero-order chi connectivity index (χ0) is 11.4. The highest BCUT2D eigenvalue weighted by Crippen LogP contribution is 2.30. The monoisotopic (exact) mass is 206 g/mol. The number of rotatable bonds is 3. The van der Waals surface area contributed by atoms with Crippen LogP contribution in [0.3, 0.4) is 0 Å². The second kappa shape index (κ2) is 4.56. The van der Waals surface area contributed by atoms with Gasteiger partial charge in [-0.1, -0.05) is 0 Å². The predicted molar refractivity (Wildman–Crippen MR) is 57.9 cm³/mol. The van der Waals surface area contributed by atoms with Crippen molar-refractivity contribution >= 4 is 5.69 Å². The van der Waals surface area contributed by atoms with Crippen molar-refractivity contribution in [3.8, 4) is 17.6 Å². The Morgan fingerprint density at radius 3 is 2.53 bits per heavy atom. The molecule has 0 aliphatic carbocycles. The smallest absolute Gasteiger partial charge is 0.143 e.